The maximum Gasteiger partial charge on any atom is 0.323 e. The number of carboxylic acid groups (broad SMARTS) is 1. The first-order valence-electron chi connectivity index (χ1n) is 6.42. The molecular weight excluding hydrogens is 278 g/mol. The van der Waals surface area contributed by atoms with Crippen LogP contribution in [0, 0.1) is 0 Å². The second-order valence-corrected chi connectivity index (χ2v) is 6.20. The summed E-state index contributed by atoms with van der Waals surface area (Å²) in [5, 5.41) is 9.28. The van der Waals surface area contributed by atoms with Gasteiger partial charge in [-0.05, 0) is 18.6 Å². The van der Waals surface area contributed by atoms with E-state index in [2.05, 4.69) is 6.92 Å². The fourth-order valence-electron chi connectivity index (χ4n) is 2.15. The van der Waals surface area contributed by atoms with Gasteiger partial charge in [-0.2, -0.15) is 0 Å². The van der Waals surface area contributed by atoms with E-state index >= 15 is 0 Å². The minimum Gasteiger partial charge on any atom is -0.480 e. The molecule has 0 bridgehead atoms. The van der Waals surface area contributed by atoms with Crippen LogP contribution in [0.3, 0.4) is 0 Å². The number of para-hydroxylation sites is 1. The van der Waals surface area contributed by atoms with Crippen molar-refractivity contribution in [1.82, 2.24) is 0 Å². The van der Waals surface area contributed by atoms with Crippen molar-refractivity contribution in [2.24, 2.45) is 0 Å². The van der Waals surface area contributed by atoms with E-state index in [1.165, 1.54) is 0 Å². The number of hydrogen-bond donors (Lipinski definition) is 1. The van der Waals surface area contributed by atoms with Crippen LogP contribution in [-0.4, -0.2) is 27.9 Å². The number of benzene rings is 1. The van der Waals surface area contributed by atoms with E-state index in [1.54, 1.807) is 16.7 Å². The van der Waals surface area contributed by atoms with Crippen molar-refractivity contribution in [3.8, 4) is 0 Å². The van der Waals surface area contributed by atoms with Gasteiger partial charge in [0.2, 0.25) is 0 Å². The fourth-order valence-corrected chi connectivity index (χ4v) is 3.85. The number of carboxylic acids is 1. The monoisotopic (exact) mass is 295 g/mol. The van der Waals surface area contributed by atoms with Gasteiger partial charge in [0, 0.05) is 4.90 Å². The van der Waals surface area contributed by atoms with Crippen LogP contribution in [0.1, 0.15) is 26.2 Å². The quantitative estimate of drug-likeness (QED) is 0.841. The second-order valence-electron chi connectivity index (χ2n) is 4.53. The number of aliphatic carboxylic acids is 1. The van der Waals surface area contributed by atoms with Gasteiger partial charge in [0.05, 0.1) is 15.9 Å². The molecule has 0 saturated carbocycles. The van der Waals surface area contributed by atoms with Crippen LogP contribution >= 0.6 is 24.0 Å². The molecule has 102 valence electrons. The maximum absolute atomic E-state index is 11.0. The largest absolute Gasteiger partial charge is 0.480 e. The first-order valence-corrected chi connectivity index (χ1v) is 7.71. The Labute approximate surface area is 123 Å². The highest BCUT2D eigenvalue weighted by Crippen LogP contribution is 2.41. The van der Waals surface area contributed by atoms with Crippen molar-refractivity contribution in [2.75, 3.05) is 11.4 Å². The molecule has 19 heavy (non-hydrogen) atoms. The van der Waals surface area contributed by atoms with E-state index < -0.39 is 5.97 Å². The fraction of sp³-hybridized carbons (Fsp3) is 0.429. The van der Waals surface area contributed by atoms with Gasteiger partial charge < -0.3 is 10.0 Å². The van der Waals surface area contributed by atoms with E-state index in [0.29, 0.717) is 0 Å². The normalized spacial score (nSPS) is 18.3. The predicted octanol–water partition coefficient (Wildman–Crippen LogP) is 3.57. The lowest BCUT2D eigenvalue weighted by Gasteiger charge is -2.35. The Hall–Kier alpha value is -1.07. The van der Waals surface area contributed by atoms with Crippen LogP contribution < -0.4 is 4.90 Å². The molecule has 0 spiro atoms. The first kappa shape index (κ1) is 14.3. The number of carbonyl (C=O) groups is 1. The van der Waals surface area contributed by atoms with Gasteiger partial charge in [-0.25, -0.2) is 0 Å². The van der Waals surface area contributed by atoms with Crippen molar-refractivity contribution in [3.05, 3.63) is 24.3 Å². The molecule has 1 heterocycles. The number of hydrogen-bond acceptors (Lipinski definition) is 3. The minimum absolute atomic E-state index is 0.0565. The van der Waals surface area contributed by atoms with Crippen molar-refractivity contribution < 1.29 is 9.90 Å². The maximum atomic E-state index is 11.0. The van der Waals surface area contributed by atoms with Crippen LogP contribution in [0.15, 0.2) is 29.2 Å². The molecule has 0 amide bonds. The Kier molecular flexibility index (Phi) is 4.82. The lowest BCUT2D eigenvalue weighted by atomic mass is 10.1. The molecule has 1 unspecified atom stereocenters. The van der Waals surface area contributed by atoms with Crippen LogP contribution in [0.25, 0.3) is 0 Å². The van der Waals surface area contributed by atoms with E-state index in [4.69, 9.17) is 17.3 Å². The van der Waals surface area contributed by atoms with Crippen molar-refractivity contribution >= 4 is 40.6 Å². The van der Waals surface area contributed by atoms with Gasteiger partial charge in [-0.1, -0.05) is 44.1 Å². The standard InChI is InChI=1S/C14H17NO2S2/c1-2-3-7-12-14(18)15(9-13(16)17)10-6-4-5-8-11(10)19-12/h4-6,8,12H,2-3,7,9H2,1H3,(H,16,17). The van der Waals surface area contributed by atoms with Crippen LogP contribution in [0.2, 0.25) is 0 Å². The van der Waals surface area contributed by atoms with Crippen LogP contribution in [0.4, 0.5) is 5.69 Å². The lowest BCUT2D eigenvalue weighted by molar-refractivity contribution is -0.135. The summed E-state index contributed by atoms with van der Waals surface area (Å²) in [6, 6.07) is 7.88. The summed E-state index contributed by atoms with van der Waals surface area (Å²) in [7, 11) is 0. The molecule has 1 aliphatic rings. The Morgan fingerprint density at radius 2 is 2.21 bits per heavy atom. The summed E-state index contributed by atoms with van der Waals surface area (Å²) in [4.78, 5) is 14.7. The number of fused-ring (bicyclic) bond motifs is 1. The number of anilines is 1. The topological polar surface area (TPSA) is 40.5 Å². The Balaban J connectivity index is 2.28. The summed E-state index contributed by atoms with van der Waals surface area (Å²) in [6.45, 7) is 2.10. The van der Waals surface area contributed by atoms with Gasteiger partial charge in [-0.3, -0.25) is 4.79 Å². The Morgan fingerprint density at radius 1 is 1.47 bits per heavy atom. The molecule has 3 nitrogen and oxygen atoms in total. The second kappa shape index (κ2) is 6.39. The van der Waals surface area contributed by atoms with Gasteiger partial charge >= 0.3 is 5.97 Å². The average Bonchev–Trinajstić information content (AvgIpc) is 2.40. The third kappa shape index (κ3) is 3.28. The highest BCUT2D eigenvalue weighted by atomic mass is 32.2. The van der Waals surface area contributed by atoms with Gasteiger partial charge in [0.1, 0.15) is 6.54 Å². The van der Waals surface area contributed by atoms with E-state index in [0.717, 1.165) is 34.8 Å². The van der Waals surface area contributed by atoms with E-state index in [9.17, 15) is 4.79 Å². The summed E-state index contributed by atoms with van der Waals surface area (Å²) in [5.41, 5.74) is 0.924. The minimum atomic E-state index is -0.849. The van der Waals surface area contributed by atoms with Gasteiger partial charge in [0.15, 0.2) is 0 Å². The molecule has 0 saturated heterocycles. The summed E-state index contributed by atoms with van der Waals surface area (Å²) >= 11 is 7.26. The van der Waals surface area contributed by atoms with Crippen molar-refractivity contribution in [2.45, 2.75) is 36.3 Å². The molecule has 5 heteroatoms. The summed E-state index contributed by atoms with van der Waals surface area (Å²) in [5.74, 6) is -0.849. The number of rotatable bonds is 5. The van der Waals surface area contributed by atoms with Gasteiger partial charge in [-0.15, -0.1) is 11.8 Å². The smallest absolute Gasteiger partial charge is 0.323 e. The first-order chi connectivity index (χ1) is 9.13. The molecule has 0 radical (unpaired) electrons. The highest BCUT2D eigenvalue weighted by Gasteiger charge is 2.30. The zero-order valence-corrected chi connectivity index (χ0v) is 12.5. The van der Waals surface area contributed by atoms with E-state index in [1.807, 2.05) is 24.3 Å². The highest BCUT2D eigenvalue weighted by molar-refractivity contribution is 8.02. The number of thiocarbonyl (C=S) groups is 1. The van der Waals surface area contributed by atoms with Crippen LogP contribution in [0.5, 0.6) is 0 Å². The summed E-state index contributed by atoms with van der Waals surface area (Å²) in [6.07, 6.45) is 3.24. The Bertz CT molecular complexity index is 490. The molecule has 0 aromatic heterocycles. The molecule has 1 aromatic rings. The molecule has 1 N–H and O–H groups in total. The van der Waals surface area contributed by atoms with Gasteiger partial charge in [0.25, 0.3) is 0 Å². The molecule has 0 fully saturated rings. The number of thioether (sulfide) groups is 1. The molecule has 0 aliphatic carbocycles. The molecule has 1 aliphatic heterocycles. The Morgan fingerprint density at radius 3 is 2.89 bits per heavy atom. The van der Waals surface area contributed by atoms with E-state index in [-0.39, 0.29) is 11.8 Å². The molecule has 2 rings (SSSR count). The van der Waals surface area contributed by atoms with Crippen molar-refractivity contribution in [1.29, 1.82) is 0 Å². The van der Waals surface area contributed by atoms with Crippen molar-refractivity contribution in [3.63, 3.8) is 0 Å². The average molecular weight is 295 g/mol. The number of nitrogens with zero attached hydrogens (tertiary/aromatic N) is 1. The SMILES string of the molecule is CCCCC1Sc2ccccc2N(CC(=O)O)C1=S. The van der Waals surface area contributed by atoms with Crippen LogP contribution in [-0.2, 0) is 4.79 Å². The predicted molar refractivity (Wildman–Crippen MR) is 83.2 cm³/mol. The molecule has 1 atom stereocenters. The third-order valence-corrected chi connectivity index (χ3v) is 5.08. The molecule has 1 aromatic carbocycles. The third-order valence-electron chi connectivity index (χ3n) is 3.08. The molecular formula is C14H17NO2S2. The summed E-state index contributed by atoms with van der Waals surface area (Å²) < 4.78 is 0. The number of unbranched alkanes of at least 4 members (excludes halogenated alkanes) is 1. The zero-order valence-electron chi connectivity index (χ0n) is 10.8. The lowest BCUT2D eigenvalue weighted by Crippen LogP contribution is -2.42. The zero-order chi connectivity index (χ0) is 13.8.